The van der Waals surface area contributed by atoms with E-state index in [4.69, 9.17) is 10.5 Å². The smallest absolute Gasteiger partial charge is 0.220 e. The maximum absolute atomic E-state index is 11.8. The summed E-state index contributed by atoms with van der Waals surface area (Å²) < 4.78 is 5.49. The van der Waals surface area contributed by atoms with Crippen LogP contribution in [0.3, 0.4) is 0 Å². The van der Waals surface area contributed by atoms with Gasteiger partial charge in [0.05, 0.1) is 6.10 Å². The molecular formula is C15H22N2O2. The molecule has 1 aliphatic carbocycles. The summed E-state index contributed by atoms with van der Waals surface area (Å²) in [7, 11) is 0. The highest BCUT2D eigenvalue weighted by atomic mass is 16.5. The Balaban J connectivity index is 1.66. The molecule has 4 nitrogen and oxygen atoms in total. The van der Waals surface area contributed by atoms with Crippen LogP contribution in [0.4, 0.5) is 5.69 Å². The van der Waals surface area contributed by atoms with Gasteiger partial charge in [-0.05, 0) is 43.4 Å². The summed E-state index contributed by atoms with van der Waals surface area (Å²) in [5.74, 6) is 0.597. The largest absolute Gasteiger partial charge is 0.399 e. The fraction of sp³-hybridized carbons (Fsp3) is 0.533. The van der Waals surface area contributed by atoms with Gasteiger partial charge in [-0.25, -0.2) is 0 Å². The van der Waals surface area contributed by atoms with Crippen molar-refractivity contribution in [2.75, 3.05) is 12.3 Å². The summed E-state index contributed by atoms with van der Waals surface area (Å²) in [6, 6.07) is 7.59. The maximum atomic E-state index is 11.8. The van der Waals surface area contributed by atoms with Gasteiger partial charge in [-0.15, -0.1) is 0 Å². The first kappa shape index (κ1) is 13.9. The molecule has 1 amide bonds. The number of ether oxygens (including phenoxy) is 1. The van der Waals surface area contributed by atoms with Crippen LogP contribution in [0.1, 0.15) is 31.7 Å². The molecule has 0 heterocycles. The third-order valence-electron chi connectivity index (χ3n) is 3.51. The van der Waals surface area contributed by atoms with Crippen LogP contribution in [-0.2, 0) is 16.1 Å². The Kier molecular flexibility index (Phi) is 4.80. The number of benzene rings is 1. The van der Waals surface area contributed by atoms with Gasteiger partial charge < -0.3 is 15.8 Å². The van der Waals surface area contributed by atoms with Crippen molar-refractivity contribution >= 4 is 11.6 Å². The standard InChI is InChI=1S/C15H22N2O2/c1-2-19-14-7-12(8-14)9-15(18)17-10-11-4-3-5-13(16)6-11/h3-6,12,14H,2,7-10,16H2,1H3,(H,17,18). The molecule has 4 heteroatoms. The first-order valence-electron chi connectivity index (χ1n) is 6.90. The summed E-state index contributed by atoms with van der Waals surface area (Å²) in [5.41, 5.74) is 7.46. The lowest BCUT2D eigenvalue weighted by molar-refractivity contribution is -0.124. The molecule has 1 fully saturated rings. The molecule has 0 atom stereocenters. The van der Waals surface area contributed by atoms with Crippen LogP contribution in [0.15, 0.2) is 24.3 Å². The molecule has 1 aromatic carbocycles. The Bertz CT molecular complexity index is 428. The number of carbonyl (C=O) groups is 1. The van der Waals surface area contributed by atoms with Crippen molar-refractivity contribution in [3.05, 3.63) is 29.8 Å². The zero-order chi connectivity index (χ0) is 13.7. The molecule has 104 valence electrons. The third-order valence-corrected chi connectivity index (χ3v) is 3.51. The van der Waals surface area contributed by atoms with Crippen molar-refractivity contribution in [3.63, 3.8) is 0 Å². The molecular weight excluding hydrogens is 240 g/mol. The summed E-state index contributed by atoms with van der Waals surface area (Å²) in [6.45, 7) is 3.32. The fourth-order valence-corrected chi connectivity index (χ4v) is 2.45. The molecule has 1 aromatic rings. The summed E-state index contributed by atoms with van der Waals surface area (Å²) in [5, 5.41) is 2.94. The molecule has 0 aromatic heterocycles. The van der Waals surface area contributed by atoms with Crippen LogP contribution in [0.2, 0.25) is 0 Å². The minimum atomic E-state index is 0.113. The minimum Gasteiger partial charge on any atom is -0.399 e. The van der Waals surface area contributed by atoms with Crippen molar-refractivity contribution < 1.29 is 9.53 Å². The van der Waals surface area contributed by atoms with Crippen LogP contribution < -0.4 is 11.1 Å². The van der Waals surface area contributed by atoms with Crippen LogP contribution in [0.5, 0.6) is 0 Å². The predicted molar refractivity (Wildman–Crippen MR) is 75.5 cm³/mol. The van der Waals surface area contributed by atoms with E-state index >= 15 is 0 Å². The molecule has 1 aliphatic rings. The van der Waals surface area contributed by atoms with Gasteiger partial charge in [-0.3, -0.25) is 4.79 Å². The van der Waals surface area contributed by atoms with Gasteiger partial charge in [0.1, 0.15) is 0 Å². The van der Waals surface area contributed by atoms with Crippen LogP contribution >= 0.6 is 0 Å². The Morgan fingerprint density at radius 2 is 2.26 bits per heavy atom. The number of nitrogen functional groups attached to an aromatic ring is 1. The van der Waals surface area contributed by atoms with Gasteiger partial charge in [0, 0.05) is 25.3 Å². The van der Waals surface area contributed by atoms with Crippen molar-refractivity contribution in [3.8, 4) is 0 Å². The molecule has 0 bridgehead atoms. The topological polar surface area (TPSA) is 64.3 Å². The summed E-state index contributed by atoms with van der Waals surface area (Å²) in [6.07, 6.45) is 3.00. The van der Waals surface area contributed by atoms with Crippen LogP contribution in [0.25, 0.3) is 0 Å². The fourth-order valence-electron chi connectivity index (χ4n) is 2.45. The van der Waals surface area contributed by atoms with Crippen molar-refractivity contribution in [2.24, 2.45) is 5.92 Å². The Labute approximate surface area is 114 Å². The monoisotopic (exact) mass is 262 g/mol. The van der Waals surface area contributed by atoms with Gasteiger partial charge in [0.2, 0.25) is 5.91 Å². The van der Waals surface area contributed by atoms with E-state index in [0.29, 0.717) is 25.0 Å². The number of anilines is 1. The third kappa shape index (κ3) is 4.24. The second-order valence-corrected chi connectivity index (χ2v) is 5.14. The Morgan fingerprint density at radius 3 is 2.95 bits per heavy atom. The van der Waals surface area contributed by atoms with Gasteiger partial charge in [0.25, 0.3) is 0 Å². The SMILES string of the molecule is CCOC1CC(CC(=O)NCc2cccc(N)c2)C1. The highest BCUT2D eigenvalue weighted by Gasteiger charge is 2.30. The maximum Gasteiger partial charge on any atom is 0.220 e. The highest BCUT2D eigenvalue weighted by Crippen LogP contribution is 2.32. The van der Waals surface area contributed by atoms with Crippen molar-refractivity contribution in [1.82, 2.24) is 5.32 Å². The molecule has 0 aliphatic heterocycles. The van der Waals surface area contributed by atoms with E-state index in [0.717, 1.165) is 30.7 Å². The lowest BCUT2D eigenvalue weighted by Crippen LogP contribution is -2.35. The molecule has 0 unspecified atom stereocenters. The molecule has 0 saturated heterocycles. The van der Waals surface area contributed by atoms with E-state index in [2.05, 4.69) is 5.32 Å². The molecule has 0 radical (unpaired) electrons. The number of rotatable bonds is 6. The van der Waals surface area contributed by atoms with Crippen LogP contribution in [-0.4, -0.2) is 18.6 Å². The average Bonchev–Trinajstić information content (AvgIpc) is 2.34. The molecule has 19 heavy (non-hydrogen) atoms. The number of hydrogen-bond acceptors (Lipinski definition) is 3. The van der Waals surface area contributed by atoms with E-state index in [9.17, 15) is 4.79 Å². The van der Waals surface area contributed by atoms with E-state index in [1.807, 2.05) is 31.2 Å². The quantitative estimate of drug-likeness (QED) is 0.772. The van der Waals surface area contributed by atoms with Crippen molar-refractivity contribution in [1.29, 1.82) is 0 Å². The van der Waals surface area contributed by atoms with Crippen LogP contribution in [0, 0.1) is 5.92 Å². The van der Waals surface area contributed by atoms with Gasteiger partial charge in [-0.1, -0.05) is 12.1 Å². The van der Waals surface area contributed by atoms with Gasteiger partial charge in [-0.2, -0.15) is 0 Å². The normalized spacial score (nSPS) is 21.7. The molecule has 1 saturated carbocycles. The number of nitrogens with one attached hydrogen (secondary N) is 1. The number of nitrogens with two attached hydrogens (primary N) is 1. The Hall–Kier alpha value is -1.55. The van der Waals surface area contributed by atoms with Gasteiger partial charge in [0.15, 0.2) is 0 Å². The van der Waals surface area contributed by atoms with E-state index in [1.165, 1.54) is 0 Å². The Morgan fingerprint density at radius 1 is 1.47 bits per heavy atom. The second kappa shape index (κ2) is 6.57. The molecule has 0 spiro atoms. The lowest BCUT2D eigenvalue weighted by Gasteiger charge is -2.34. The number of hydrogen-bond donors (Lipinski definition) is 2. The van der Waals surface area contributed by atoms with E-state index in [1.54, 1.807) is 0 Å². The number of amides is 1. The van der Waals surface area contributed by atoms with E-state index in [-0.39, 0.29) is 5.91 Å². The minimum absolute atomic E-state index is 0.113. The molecule has 3 N–H and O–H groups in total. The lowest BCUT2D eigenvalue weighted by atomic mass is 9.80. The van der Waals surface area contributed by atoms with Gasteiger partial charge >= 0.3 is 0 Å². The molecule has 2 rings (SSSR count). The predicted octanol–water partition coefficient (Wildman–Crippen LogP) is 2.09. The number of carbonyl (C=O) groups excluding carboxylic acids is 1. The zero-order valence-electron chi connectivity index (χ0n) is 11.4. The summed E-state index contributed by atoms with van der Waals surface area (Å²) in [4.78, 5) is 11.8. The van der Waals surface area contributed by atoms with Crippen molar-refractivity contribution in [2.45, 2.75) is 38.8 Å². The zero-order valence-corrected chi connectivity index (χ0v) is 11.4. The second-order valence-electron chi connectivity index (χ2n) is 5.14. The first-order valence-corrected chi connectivity index (χ1v) is 6.90. The average molecular weight is 262 g/mol. The first-order chi connectivity index (χ1) is 9.17. The van der Waals surface area contributed by atoms with E-state index < -0.39 is 0 Å². The highest BCUT2D eigenvalue weighted by molar-refractivity contribution is 5.76. The summed E-state index contributed by atoms with van der Waals surface area (Å²) >= 11 is 0.